The molecule has 1 heterocycles. The van der Waals surface area contributed by atoms with Gasteiger partial charge in [-0.3, -0.25) is 4.98 Å². The van der Waals surface area contributed by atoms with Crippen LogP contribution in [0.4, 0.5) is 5.69 Å². The third kappa shape index (κ3) is 3.07. The van der Waals surface area contributed by atoms with E-state index in [0.717, 1.165) is 17.8 Å². The summed E-state index contributed by atoms with van der Waals surface area (Å²) < 4.78 is 0. The molecule has 0 radical (unpaired) electrons. The molecular weight excluding hydrogens is 184 g/mol. The molecule has 1 rings (SSSR count). The summed E-state index contributed by atoms with van der Waals surface area (Å²) in [7, 11) is 0. The van der Waals surface area contributed by atoms with Gasteiger partial charge in [-0.1, -0.05) is 6.08 Å². The first kappa shape index (κ1) is 10.1. The Labute approximate surface area is 83.4 Å². The van der Waals surface area contributed by atoms with Gasteiger partial charge in [0.25, 0.3) is 0 Å². The van der Waals surface area contributed by atoms with Crippen LogP contribution in [0.25, 0.3) is 6.08 Å². The molecule has 1 aromatic heterocycles. The summed E-state index contributed by atoms with van der Waals surface area (Å²) in [6.45, 7) is 1.94. The predicted octanol–water partition coefficient (Wildman–Crippen LogP) is 2.61. The zero-order valence-electron chi connectivity index (χ0n) is 7.63. The zero-order chi connectivity index (χ0) is 9.68. The first-order valence-electron chi connectivity index (χ1n) is 4.19. The highest BCUT2D eigenvalue weighted by atomic mass is 35.5. The number of aryl methyl sites for hydroxylation is 1. The molecule has 13 heavy (non-hydrogen) atoms. The van der Waals surface area contributed by atoms with Crippen molar-refractivity contribution in [1.29, 1.82) is 0 Å². The van der Waals surface area contributed by atoms with Crippen molar-refractivity contribution in [2.75, 3.05) is 11.6 Å². The minimum absolute atomic E-state index is 0.627. The molecule has 70 valence electrons. The minimum Gasteiger partial charge on any atom is -0.397 e. The van der Waals surface area contributed by atoms with Crippen molar-refractivity contribution in [2.45, 2.75) is 13.3 Å². The van der Waals surface area contributed by atoms with Crippen LogP contribution in [0, 0.1) is 6.92 Å². The highest BCUT2D eigenvalue weighted by molar-refractivity contribution is 6.17. The quantitative estimate of drug-likeness (QED) is 0.755. The van der Waals surface area contributed by atoms with Crippen LogP contribution in [-0.4, -0.2) is 10.9 Å². The Hall–Kier alpha value is -1.02. The second-order valence-electron chi connectivity index (χ2n) is 2.81. The van der Waals surface area contributed by atoms with Crippen LogP contribution in [0.15, 0.2) is 18.2 Å². The number of rotatable bonds is 3. The van der Waals surface area contributed by atoms with Crippen molar-refractivity contribution in [3.63, 3.8) is 0 Å². The lowest BCUT2D eigenvalue weighted by molar-refractivity contribution is 1.18. The molecule has 0 atom stereocenters. The molecule has 0 spiro atoms. The summed E-state index contributed by atoms with van der Waals surface area (Å²) in [5, 5.41) is 0. The third-order valence-corrected chi connectivity index (χ3v) is 1.87. The number of allylic oxidation sites excluding steroid dienone is 1. The lowest BCUT2D eigenvalue weighted by atomic mass is 10.2. The van der Waals surface area contributed by atoms with Crippen LogP contribution in [0.5, 0.6) is 0 Å². The van der Waals surface area contributed by atoms with Gasteiger partial charge in [-0.2, -0.15) is 0 Å². The molecular formula is C10H13ClN2. The van der Waals surface area contributed by atoms with Crippen LogP contribution in [0.1, 0.15) is 17.8 Å². The van der Waals surface area contributed by atoms with Crippen molar-refractivity contribution >= 4 is 23.4 Å². The Balaban J connectivity index is 2.81. The van der Waals surface area contributed by atoms with E-state index in [1.165, 1.54) is 0 Å². The molecule has 0 bridgehead atoms. The van der Waals surface area contributed by atoms with Crippen molar-refractivity contribution in [2.24, 2.45) is 0 Å². The smallest absolute Gasteiger partial charge is 0.0858 e. The van der Waals surface area contributed by atoms with E-state index in [9.17, 15) is 0 Å². The average molecular weight is 197 g/mol. The van der Waals surface area contributed by atoms with Crippen LogP contribution >= 0.6 is 11.6 Å². The molecule has 0 amide bonds. The standard InChI is InChI=1S/C10H13ClN2/c1-8-5-6-9(12)10(13-8)4-2-3-7-11/h2,4-6H,3,7,12H2,1H3. The fourth-order valence-electron chi connectivity index (χ4n) is 0.979. The maximum atomic E-state index is 5.72. The van der Waals surface area contributed by atoms with Gasteiger partial charge in [0, 0.05) is 11.6 Å². The van der Waals surface area contributed by atoms with Gasteiger partial charge >= 0.3 is 0 Å². The second kappa shape index (κ2) is 4.87. The number of halogens is 1. The average Bonchev–Trinajstić information content (AvgIpc) is 2.11. The molecule has 1 aromatic rings. The molecule has 0 aliphatic carbocycles. The lowest BCUT2D eigenvalue weighted by Gasteiger charge is -1.99. The van der Waals surface area contributed by atoms with Crippen LogP contribution < -0.4 is 5.73 Å². The molecule has 0 unspecified atom stereocenters. The Morgan fingerprint density at radius 1 is 1.54 bits per heavy atom. The van der Waals surface area contributed by atoms with E-state index in [4.69, 9.17) is 17.3 Å². The summed E-state index contributed by atoms with van der Waals surface area (Å²) in [5.74, 6) is 0.627. The summed E-state index contributed by atoms with van der Waals surface area (Å²) in [6, 6.07) is 3.76. The van der Waals surface area contributed by atoms with Crippen molar-refractivity contribution < 1.29 is 0 Å². The fraction of sp³-hybridized carbons (Fsp3) is 0.300. The minimum atomic E-state index is 0.627. The number of pyridine rings is 1. The van der Waals surface area contributed by atoms with Gasteiger partial charge in [0.05, 0.1) is 11.4 Å². The molecule has 2 nitrogen and oxygen atoms in total. The van der Waals surface area contributed by atoms with Gasteiger partial charge in [-0.25, -0.2) is 0 Å². The number of hydrogen-bond donors (Lipinski definition) is 1. The molecule has 3 heteroatoms. The van der Waals surface area contributed by atoms with Crippen molar-refractivity contribution in [3.8, 4) is 0 Å². The summed E-state index contributed by atoms with van der Waals surface area (Å²) in [4.78, 5) is 4.29. The Kier molecular flexibility index (Phi) is 3.77. The highest BCUT2D eigenvalue weighted by Gasteiger charge is 1.95. The van der Waals surface area contributed by atoms with Gasteiger partial charge < -0.3 is 5.73 Å². The highest BCUT2D eigenvalue weighted by Crippen LogP contribution is 2.11. The number of anilines is 1. The zero-order valence-corrected chi connectivity index (χ0v) is 8.38. The SMILES string of the molecule is Cc1ccc(N)c(C=CCCCl)n1. The first-order valence-corrected chi connectivity index (χ1v) is 4.73. The largest absolute Gasteiger partial charge is 0.397 e. The second-order valence-corrected chi connectivity index (χ2v) is 3.19. The predicted molar refractivity (Wildman–Crippen MR) is 57.8 cm³/mol. The van der Waals surface area contributed by atoms with E-state index in [1.807, 2.05) is 31.2 Å². The number of nitrogens with zero attached hydrogens (tertiary/aromatic N) is 1. The van der Waals surface area contributed by atoms with E-state index >= 15 is 0 Å². The Morgan fingerprint density at radius 2 is 2.31 bits per heavy atom. The maximum Gasteiger partial charge on any atom is 0.0858 e. The number of hydrogen-bond acceptors (Lipinski definition) is 2. The topological polar surface area (TPSA) is 38.9 Å². The molecule has 0 aliphatic rings. The third-order valence-electron chi connectivity index (χ3n) is 1.65. The normalized spacial score (nSPS) is 10.9. The van der Waals surface area contributed by atoms with E-state index < -0.39 is 0 Å². The van der Waals surface area contributed by atoms with Gasteiger partial charge in [-0.05, 0) is 31.6 Å². The monoisotopic (exact) mass is 196 g/mol. The van der Waals surface area contributed by atoms with E-state index in [2.05, 4.69) is 4.98 Å². The molecule has 0 aromatic carbocycles. The maximum absolute atomic E-state index is 5.72. The molecule has 0 aliphatic heterocycles. The molecule has 2 N–H and O–H groups in total. The number of aromatic nitrogens is 1. The number of nitrogen functional groups attached to an aromatic ring is 1. The van der Waals surface area contributed by atoms with E-state index in [1.54, 1.807) is 0 Å². The lowest BCUT2D eigenvalue weighted by Crippen LogP contribution is -1.93. The fourth-order valence-corrected chi connectivity index (χ4v) is 1.11. The van der Waals surface area contributed by atoms with E-state index in [-0.39, 0.29) is 0 Å². The number of nitrogens with two attached hydrogens (primary N) is 1. The van der Waals surface area contributed by atoms with Crippen molar-refractivity contribution in [1.82, 2.24) is 4.98 Å². The van der Waals surface area contributed by atoms with Gasteiger partial charge in [0.1, 0.15) is 0 Å². The Bertz CT molecular complexity index is 308. The van der Waals surface area contributed by atoms with Crippen LogP contribution in [-0.2, 0) is 0 Å². The van der Waals surface area contributed by atoms with Crippen LogP contribution in [0.3, 0.4) is 0 Å². The summed E-state index contributed by atoms with van der Waals surface area (Å²) in [6.07, 6.45) is 4.73. The van der Waals surface area contributed by atoms with Gasteiger partial charge in [-0.15, -0.1) is 11.6 Å². The molecule has 0 saturated carbocycles. The Morgan fingerprint density at radius 3 is 3.00 bits per heavy atom. The number of alkyl halides is 1. The summed E-state index contributed by atoms with van der Waals surface area (Å²) in [5.41, 5.74) is 8.23. The molecule has 0 saturated heterocycles. The first-order chi connectivity index (χ1) is 6.24. The molecule has 0 fully saturated rings. The summed E-state index contributed by atoms with van der Waals surface area (Å²) >= 11 is 5.54. The van der Waals surface area contributed by atoms with Crippen molar-refractivity contribution in [3.05, 3.63) is 29.6 Å². The van der Waals surface area contributed by atoms with Crippen LogP contribution in [0.2, 0.25) is 0 Å². The van der Waals surface area contributed by atoms with Gasteiger partial charge in [0.2, 0.25) is 0 Å². The van der Waals surface area contributed by atoms with E-state index in [0.29, 0.717) is 11.6 Å². The van der Waals surface area contributed by atoms with Gasteiger partial charge in [0.15, 0.2) is 0 Å².